The zero-order chi connectivity index (χ0) is 17.1. The Hall–Kier alpha value is -1.48. The van der Waals surface area contributed by atoms with Gasteiger partial charge in [-0.3, -0.25) is 0 Å². The van der Waals surface area contributed by atoms with Gasteiger partial charge in [0.25, 0.3) is 0 Å². The number of nitrogens with one attached hydrogen (secondary N) is 1. The summed E-state index contributed by atoms with van der Waals surface area (Å²) in [5.41, 5.74) is -0.895. The predicted molar refractivity (Wildman–Crippen MR) is 69.3 cm³/mol. The lowest BCUT2D eigenvalue weighted by Crippen LogP contribution is -2.39. The SMILES string of the molecule is FC(F)(F)COc1ccc(CC2CNCCO2)cc1C(F)(F)F. The summed E-state index contributed by atoms with van der Waals surface area (Å²) in [5.74, 6) is -0.832. The minimum Gasteiger partial charge on any atom is -0.483 e. The summed E-state index contributed by atoms with van der Waals surface area (Å²) in [6, 6.07) is 3.04. The van der Waals surface area contributed by atoms with Gasteiger partial charge in [0, 0.05) is 13.1 Å². The maximum Gasteiger partial charge on any atom is 0.422 e. The van der Waals surface area contributed by atoms with E-state index in [-0.39, 0.29) is 12.5 Å². The third-order valence-electron chi connectivity index (χ3n) is 3.21. The van der Waals surface area contributed by atoms with Crippen molar-refractivity contribution >= 4 is 0 Å². The standard InChI is InChI=1S/C14H15F6NO2/c15-13(16,17)8-23-12-2-1-9(6-11(12)14(18,19)20)5-10-7-21-3-4-22-10/h1-2,6,10,21H,3-5,7-8H2. The van der Waals surface area contributed by atoms with Crippen molar-refractivity contribution in [1.29, 1.82) is 0 Å². The van der Waals surface area contributed by atoms with Gasteiger partial charge in [-0.15, -0.1) is 0 Å². The second-order valence-corrected chi connectivity index (χ2v) is 5.13. The van der Waals surface area contributed by atoms with E-state index in [1.165, 1.54) is 6.07 Å². The fraction of sp³-hybridized carbons (Fsp3) is 0.571. The lowest BCUT2D eigenvalue weighted by atomic mass is 10.0. The highest BCUT2D eigenvalue weighted by atomic mass is 19.4. The van der Waals surface area contributed by atoms with Crippen LogP contribution in [0.25, 0.3) is 0 Å². The van der Waals surface area contributed by atoms with E-state index < -0.39 is 30.3 Å². The first-order chi connectivity index (χ1) is 10.6. The van der Waals surface area contributed by atoms with Crippen LogP contribution in [0.1, 0.15) is 11.1 Å². The molecule has 0 spiro atoms. The molecule has 1 atom stereocenters. The maximum absolute atomic E-state index is 13.0. The summed E-state index contributed by atoms with van der Waals surface area (Å²) in [4.78, 5) is 0. The molecule has 0 saturated carbocycles. The van der Waals surface area contributed by atoms with Gasteiger partial charge in [-0.25, -0.2) is 0 Å². The van der Waals surface area contributed by atoms with Crippen LogP contribution in [0.4, 0.5) is 26.3 Å². The fourth-order valence-corrected chi connectivity index (χ4v) is 2.22. The largest absolute Gasteiger partial charge is 0.483 e. The summed E-state index contributed by atoms with van der Waals surface area (Å²) < 4.78 is 85.1. The number of morpholine rings is 1. The second kappa shape index (κ2) is 6.96. The summed E-state index contributed by atoms with van der Waals surface area (Å²) >= 11 is 0. The fourth-order valence-electron chi connectivity index (χ4n) is 2.22. The van der Waals surface area contributed by atoms with Gasteiger partial charge in [0.15, 0.2) is 6.61 Å². The Bertz CT molecular complexity index is 523. The van der Waals surface area contributed by atoms with Crippen molar-refractivity contribution in [2.75, 3.05) is 26.3 Å². The van der Waals surface area contributed by atoms with Crippen LogP contribution in [0.3, 0.4) is 0 Å². The quantitative estimate of drug-likeness (QED) is 0.852. The maximum atomic E-state index is 13.0. The molecule has 1 fully saturated rings. The number of halogens is 6. The molecule has 0 radical (unpaired) electrons. The average molecular weight is 343 g/mol. The van der Waals surface area contributed by atoms with Gasteiger partial charge in [0.1, 0.15) is 5.75 Å². The van der Waals surface area contributed by atoms with Gasteiger partial charge in [-0.2, -0.15) is 26.3 Å². The molecule has 1 aliphatic heterocycles. The average Bonchev–Trinajstić information content (AvgIpc) is 2.45. The first kappa shape index (κ1) is 17.9. The molecule has 0 aliphatic carbocycles. The van der Waals surface area contributed by atoms with E-state index in [4.69, 9.17) is 4.74 Å². The van der Waals surface area contributed by atoms with Crippen LogP contribution in [-0.2, 0) is 17.3 Å². The number of hydrogen-bond acceptors (Lipinski definition) is 3. The van der Waals surface area contributed by atoms with E-state index in [1.54, 1.807) is 0 Å². The van der Waals surface area contributed by atoms with Crippen LogP contribution in [0.15, 0.2) is 18.2 Å². The molecule has 1 aromatic rings. The first-order valence-corrected chi connectivity index (χ1v) is 6.87. The molecule has 1 saturated heterocycles. The molecule has 9 heteroatoms. The van der Waals surface area contributed by atoms with Crippen molar-refractivity contribution in [3.05, 3.63) is 29.3 Å². The third kappa shape index (κ3) is 5.58. The van der Waals surface area contributed by atoms with Gasteiger partial charge in [0.2, 0.25) is 0 Å². The van der Waals surface area contributed by atoms with E-state index >= 15 is 0 Å². The molecule has 1 unspecified atom stereocenters. The van der Waals surface area contributed by atoms with Crippen LogP contribution in [0.2, 0.25) is 0 Å². The van der Waals surface area contributed by atoms with Gasteiger partial charge in [0.05, 0.1) is 18.3 Å². The first-order valence-electron chi connectivity index (χ1n) is 6.87. The molecule has 1 aromatic carbocycles. The van der Waals surface area contributed by atoms with Gasteiger partial charge in [-0.1, -0.05) is 6.07 Å². The number of rotatable bonds is 4. The van der Waals surface area contributed by atoms with Crippen molar-refractivity contribution in [1.82, 2.24) is 5.32 Å². The Morgan fingerprint density at radius 3 is 2.48 bits per heavy atom. The Morgan fingerprint density at radius 2 is 1.91 bits per heavy atom. The van der Waals surface area contributed by atoms with E-state index in [0.29, 0.717) is 25.3 Å². The molecule has 1 N–H and O–H groups in total. The normalized spacial score (nSPS) is 19.7. The Morgan fingerprint density at radius 1 is 1.17 bits per heavy atom. The van der Waals surface area contributed by atoms with Crippen LogP contribution in [0.5, 0.6) is 5.75 Å². The zero-order valence-corrected chi connectivity index (χ0v) is 11.9. The van der Waals surface area contributed by atoms with Crippen molar-refractivity contribution in [2.45, 2.75) is 24.9 Å². The molecule has 0 aromatic heterocycles. The topological polar surface area (TPSA) is 30.5 Å². The van der Waals surface area contributed by atoms with Crippen LogP contribution in [-0.4, -0.2) is 38.6 Å². The Kier molecular flexibility index (Phi) is 5.41. The summed E-state index contributed by atoms with van der Waals surface area (Å²) in [7, 11) is 0. The smallest absolute Gasteiger partial charge is 0.422 e. The monoisotopic (exact) mass is 343 g/mol. The van der Waals surface area contributed by atoms with Gasteiger partial charge >= 0.3 is 12.4 Å². The molecule has 0 amide bonds. The van der Waals surface area contributed by atoms with Crippen LogP contribution < -0.4 is 10.1 Å². The highest BCUT2D eigenvalue weighted by molar-refractivity contribution is 5.39. The number of alkyl halides is 6. The number of hydrogen-bond donors (Lipinski definition) is 1. The molecular formula is C14H15F6NO2. The molecule has 0 bridgehead atoms. The van der Waals surface area contributed by atoms with E-state index in [0.717, 1.165) is 12.1 Å². The molecule has 130 valence electrons. The molecule has 1 aliphatic rings. The number of benzene rings is 1. The second-order valence-electron chi connectivity index (χ2n) is 5.13. The Labute approximate surface area is 128 Å². The summed E-state index contributed by atoms with van der Waals surface area (Å²) in [6.07, 6.45) is -9.55. The highest BCUT2D eigenvalue weighted by Crippen LogP contribution is 2.37. The lowest BCUT2D eigenvalue weighted by molar-refractivity contribution is -0.158. The molecule has 3 nitrogen and oxygen atoms in total. The predicted octanol–water partition coefficient (Wildman–Crippen LogP) is 3.18. The molecule has 23 heavy (non-hydrogen) atoms. The number of ether oxygens (including phenoxy) is 2. The zero-order valence-electron chi connectivity index (χ0n) is 11.9. The minimum atomic E-state index is -4.80. The highest BCUT2D eigenvalue weighted by Gasteiger charge is 2.36. The van der Waals surface area contributed by atoms with Crippen molar-refractivity contribution in [3.63, 3.8) is 0 Å². The third-order valence-corrected chi connectivity index (χ3v) is 3.21. The molecule has 2 rings (SSSR count). The van der Waals surface area contributed by atoms with Crippen LogP contribution in [0, 0.1) is 0 Å². The summed E-state index contributed by atoms with van der Waals surface area (Å²) in [6.45, 7) is -0.128. The van der Waals surface area contributed by atoms with E-state index in [9.17, 15) is 26.3 Å². The molecule has 1 heterocycles. The van der Waals surface area contributed by atoms with E-state index in [1.807, 2.05) is 0 Å². The van der Waals surface area contributed by atoms with Gasteiger partial charge < -0.3 is 14.8 Å². The minimum absolute atomic E-state index is 0.232. The molecular weight excluding hydrogens is 328 g/mol. The van der Waals surface area contributed by atoms with Crippen molar-refractivity contribution in [2.24, 2.45) is 0 Å². The Balaban J connectivity index is 2.16. The van der Waals surface area contributed by atoms with Crippen molar-refractivity contribution < 1.29 is 35.8 Å². The summed E-state index contributed by atoms with van der Waals surface area (Å²) in [5, 5.41) is 3.05. The lowest BCUT2D eigenvalue weighted by Gasteiger charge is -2.24. The van der Waals surface area contributed by atoms with E-state index in [2.05, 4.69) is 10.1 Å². The van der Waals surface area contributed by atoms with Crippen molar-refractivity contribution in [3.8, 4) is 5.75 Å². The van der Waals surface area contributed by atoms with Gasteiger partial charge in [-0.05, 0) is 24.1 Å². The van der Waals surface area contributed by atoms with Crippen LogP contribution >= 0.6 is 0 Å².